The van der Waals surface area contributed by atoms with Crippen molar-refractivity contribution in [1.82, 2.24) is 0 Å². The summed E-state index contributed by atoms with van der Waals surface area (Å²) < 4.78 is 10.7. The predicted molar refractivity (Wildman–Crippen MR) is 113 cm³/mol. The van der Waals surface area contributed by atoms with E-state index < -0.39 is 0 Å². The van der Waals surface area contributed by atoms with Crippen molar-refractivity contribution < 1.29 is 19.1 Å². The van der Waals surface area contributed by atoms with Crippen LogP contribution in [0, 0.1) is 0 Å². The molecule has 148 valence electrons. The number of halogens is 1. The van der Waals surface area contributed by atoms with Crippen LogP contribution in [0.5, 0.6) is 11.5 Å². The molecule has 0 saturated carbocycles. The highest BCUT2D eigenvalue weighted by molar-refractivity contribution is 6.30. The smallest absolute Gasteiger partial charge is 0.262 e. The summed E-state index contributed by atoms with van der Waals surface area (Å²) in [4.78, 5) is 24.4. The summed E-state index contributed by atoms with van der Waals surface area (Å²) in [5.74, 6) is 0.455. The van der Waals surface area contributed by atoms with E-state index in [0.717, 1.165) is 0 Å². The van der Waals surface area contributed by atoms with Crippen LogP contribution in [0.2, 0.25) is 5.02 Å². The zero-order valence-corrected chi connectivity index (χ0v) is 16.4. The molecule has 0 spiro atoms. The molecule has 3 rings (SSSR count). The third-order valence-corrected chi connectivity index (χ3v) is 4.19. The Morgan fingerprint density at radius 1 is 0.931 bits per heavy atom. The van der Waals surface area contributed by atoms with Gasteiger partial charge in [-0.1, -0.05) is 29.8 Å². The second-order valence-corrected chi connectivity index (χ2v) is 6.46. The van der Waals surface area contributed by atoms with Crippen LogP contribution in [0.15, 0.2) is 72.8 Å². The number of hydrogen-bond donors (Lipinski definition) is 2. The van der Waals surface area contributed by atoms with E-state index >= 15 is 0 Å². The van der Waals surface area contributed by atoms with Crippen LogP contribution in [0.25, 0.3) is 0 Å². The van der Waals surface area contributed by atoms with E-state index in [1.807, 2.05) is 12.1 Å². The number of ether oxygens (including phenoxy) is 2. The molecule has 0 saturated heterocycles. The molecule has 0 aromatic heterocycles. The first-order valence-corrected chi connectivity index (χ1v) is 9.15. The molecule has 2 amide bonds. The van der Waals surface area contributed by atoms with Crippen molar-refractivity contribution in [2.45, 2.75) is 0 Å². The lowest BCUT2D eigenvalue weighted by Crippen LogP contribution is -2.20. The molecule has 3 aromatic rings. The molecule has 0 aliphatic carbocycles. The fourth-order valence-corrected chi connectivity index (χ4v) is 2.75. The van der Waals surface area contributed by atoms with E-state index in [4.69, 9.17) is 21.1 Å². The monoisotopic (exact) mass is 410 g/mol. The highest BCUT2D eigenvalue weighted by Crippen LogP contribution is 2.24. The SMILES string of the molecule is COc1ccccc1NC(=O)c1ccc(OCC(=O)Nc2cccc(Cl)c2)cc1. The lowest BCUT2D eigenvalue weighted by Gasteiger charge is -2.10. The molecule has 29 heavy (non-hydrogen) atoms. The van der Waals surface area contributed by atoms with Gasteiger partial charge in [0.2, 0.25) is 0 Å². The van der Waals surface area contributed by atoms with Crippen LogP contribution in [0.4, 0.5) is 11.4 Å². The van der Waals surface area contributed by atoms with Gasteiger partial charge < -0.3 is 20.1 Å². The summed E-state index contributed by atoms with van der Waals surface area (Å²) in [6.45, 7) is -0.167. The van der Waals surface area contributed by atoms with Gasteiger partial charge in [0.1, 0.15) is 11.5 Å². The summed E-state index contributed by atoms with van der Waals surface area (Å²) in [6, 6.07) is 20.5. The van der Waals surface area contributed by atoms with Gasteiger partial charge in [-0.3, -0.25) is 9.59 Å². The second kappa shape index (κ2) is 9.61. The Bertz CT molecular complexity index is 1010. The van der Waals surface area contributed by atoms with Gasteiger partial charge in [-0.2, -0.15) is 0 Å². The Kier molecular flexibility index (Phi) is 6.71. The molecule has 0 atom stereocenters. The van der Waals surface area contributed by atoms with Gasteiger partial charge >= 0.3 is 0 Å². The number of carbonyl (C=O) groups is 2. The number of methoxy groups -OCH3 is 1. The van der Waals surface area contributed by atoms with E-state index in [9.17, 15) is 9.59 Å². The van der Waals surface area contributed by atoms with Crippen LogP contribution in [0.3, 0.4) is 0 Å². The van der Waals surface area contributed by atoms with Crippen molar-refractivity contribution in [1.29, 1.82) is 0 Å². The Morgan fingerprint density at radius 2 is 1.69 bits per heavy atom. The first-order chi connectivity index (χ1) is 14.0. The lowest BCUT2D eigenvalue weighted by molar-refractivity contribution is -0.118. The molecule has 6 nitrogen and oxygen atoms in total. The van der Waals surface area contributed by atoms with Crippen LogP contribution in [0.1, 0.15) is 10.4 Å². The fraction of sp³-hybridized carbons (Fsp3) is 0.0909. The van der Waals surface area contributed by atoms with Gasteiger partial charge in [0.05, 0.1) is 12.8 Å². The number of amides is 2. The molecule has 0 radical (unpaired) electrons. The standard InChI is InChI=1S/C22H19ClN2O4/c1-28-20-8-3-2-7-19(20)25-22(27)15-9-11-18(12-10-15)29-14-21(26)24-17-6-4-5-16(23)13-17/h2-13H,14H2,1H3,(H,24,26)(H,25,27). The molecule has 0 fully saturated rings. The summed E-state index contributed by atoms with van der Waals surface area (Å²) in [6.07, 6.45) is 0. The number of benzene rings is 3. The zero-order valence-electron chi connectivity index (χ0n) is 15.6. The van der Waals surface area contributed by atoms with Crippen LogP contribution in [-0.2, 0) is 4.79 Å². The van der Waals surface area contributed by atoms with E-state index in [2.05, 4.69) is 10.6 Å². The number of hydrogen-bond acceptors (Lipinski definition) is 4. The Morgan fingerprint density at radius 3 is 2.41 bits per heavy atom. The molecule has 0 heterocycles. The van der Waals surface area contributed by atoms with Crippen LogP contribution < -0.4 is 20.1 Å². The largest absolute Gasteiger partial charge is 0.495 e. The van der Waals surface area contributed by atoms with Crippen LogP contribution >= 0.6 is 11.6 Å². The summed E-state index contributed by atoms with van der Waals surface area (Å²) in [5.41, 5.74) is 1.62. The third-order valence-electron chi connectivity index (χ3n) is 3.95. The zero-order chi connectivity index (χ0) is 20.6. The first-order valence-electron chi connectivity index (χ1n) is 8.78. The maximum atomic E-state index is 12.4. The highest BCUT2D eigenvalue weighted by atomic mass is 35.5. The summed E-state index contributed by atoms with van der Waals surface area (Å²) in [7, 11) is 1.54. The van der Waals surface area contributed by atoms with Crippen molar-refractivity contribution in [2.24, 2.45) is 0 Å². The van der Waals surface area contributed by atoms with Crippen molar-refractivity contribution >= 4 is 34.8 Å². The van der Waals surface area contributed by atoms with Crippen molar-refractivity contribution in [3.63, 3.8) is 0 Å². The highest BCUT2D eigenvalue weighted by Gasteiger charge is 2.10. The van der Waals surface area contributed by atoms with E-state index in [1.54, 1.807) is 67.8 Å². The second-order valence-electron chi connectivity index (χ2n) is 6.03. The molecule has 7 heteroatoms. The van der Waals surface area contributed by atoms with E-state index in [0.29, 0.717) is 33.5 Å². The summed E-state index contributed by atoms with van der Waals surface area (Å²) in [5, 5.41) is 6.03. The maximum absolute atomic E-state index is 12.4. The minimum atomic E-state index is -0.315. The number of anilines is 2. The number of nitrogens with one attached hydrogen (secondary N) is 2. The average molecular weight is 411 g/mol. The number of para-hydroxylation sites is 2. The van der Waals surface area contributed by atoms with Gasteiger partial charge in [-0.15, -0.1) is 0 Å². The van der Waals surface area contributed by atoms with Gasteiger partial charge in [-0.05, 0) is 54.6 Å². The maximum Gasteiger partial charge on any atom is 0.262 e. The summed E-state index contributed by atoms with van der Waals surface area (Å²) >= 11 is 5.89. The minimum absolute atomic E-state index is 0.167. The molecule has 3 aromatic carbocycles. The van der Waals surface area contributed by atoms with E-state index in [1.165, 1.54) is 0 Å². The van der Waals surface area contributed by atoms with E-state index in [-0.39, 0.29) is 18.4 Å². The quantitative estimate of drug-likeness (QED) is 0.596. The minimum Gasteiger partial charge on any atom is -0.495 e. The normalized spacial score (nSPS) is 10.1. The molecular formula is C22H19ClN2O4. The van der Waals surface area contributed by atoms with Crippen LogP contribution in [-0.4, -0.2) is 25.5 Å². The Hall–Kier alpha value is -3.51. The fourth-order valence-electron chi connectivity index (χ4n) is 2.56. The number of rotatable bonds is 7. The average Bonchev–Trinajstić information content (AvgIpc) is 2.73. The molecule has 0 aliphatic rings. The topological polar surface area (TPSA) is 76.7 Å². The molecule has 0 unspecified atom stereocenters. The van der Waals surface area contributed by atoms with Crippen molar-refractivity contribution in [3.8, 4) is 11.5 Å². The van der Waals surface area contributed by atoms with Crippen molar-refractivity contribution in [2.75, 3.05) is 24.4 Å². The Labute approximate surface area is 173 Å². The molecule has 0 bridgehead atoms. The van der Waals surface area contributed by atoms with Gasteiger partial charge in [0.15, 0.2) is 6.61 Å². The predicted octanol–water partition coefficient (Wildman–Crippen LogP) is 4.62. The van der Waals surface area contributed by atoms with Gasteiger partial charge in [-0.25, -0.2) is 0 Å². The number of carbonyl (C=O) groups excluding carboxylic acids is 2. The van der Waals surface area contributed by atoms with Gasteiger partial charge in [0, 0.05) is 16.3 Å². The first kappa shape index (κ1) is 20.2. The molecule has 0 aliphatic heterocycles. The van der Waals surface area contributed by atoms with Crippen molar-refractivity contribution in [3.05, 3.63) is 83.4 Å². The molecule has 2 N–H and O–H groups in total. The third kappa shape index (κ3) is 5.73. The van der Waals surface area contributed by atoms with Gasteiger partial charge in [0.25, 0.3) is 11.8 Å². The molecular weight excluding hydrogens is 392 g/mol. The lowest BCUT2D eigenvalue weighted by atomic mass is 10.2. The Balaban J connectivity index is 1.54.